The fraction of sp³-hybridized carbons (Fsp3) is 0.160. The topological polar surface area (TPSA) is 42.7 Å². The van der Waals surface area contributed by atoms with Gasteiger partial charge in [0.15, 0.2) is 0 Å². The summed E-state index contributed by atoms with van der Waals surface area (Å²) >= 11 is 12.0. The summed E-state index contributed by atoms with van der Waals surface area (Å²) in [6.07, 6.45) is 0. The highest BCUT2D eigenvalue weighted by Gasteiger charge is 2.24. The van der Waals surface area contributed by atoms with E-state index in [9.17, 15) is 4.79 Å². The molecule has 1 aromatic heterocycles. The number of fused-ring (bicyclic) bond motifs is 3. The molecule has 1 aliphatic heterocycles. The summed E-state index contributed by atoms with van der Waals surface area (Å²) in [6, 6.07) is 18.6. The lowest BCUT2D eigenvalue weighted by Gasteiger charge is -2.29. The summed E-state index contributed by atoms with van der Waals surface area (Å²) in [7, 11) is 0. The average Bonchev–Trinajstić information content (AvgIpc) is 2.76. The normalized spacial score (nSPS) is 13.8. The van der Waals surface area contributed by atoms with Crippen molar-refractivity contribution in [1.82, 2.24) is 4.90 Å². The van der Waals surface area contributed by atoms with Crippen molar-refractivity contribution >= 4 is 34.2 Å². The molecule has 0 aliphatic carbocycles. The monoisotopic (exact) mass is 451 g/mol. The number of nitrogens with zero attached hydrogens (tertiary/aromatic N) is 1. The van der Waals surface area contributed by atoms with Crippen LogP contribution in [0.5, 0.6) is 5.75 Å². The first-order valence-corrected chi connectivity index (χ1v) is 10.7. The molecule has 31 heavy (non-hydrogen) atoms. The van der Waals surface area contributed by atoms with Crippen LogP contribution >= 0.6 is 23.2 Å². The molecule has 0 spiro atoms. The molecule has 4 aromatic rings. The minimum atomic E-state index is -0.0568. The Balaban J connectivity index is 1.55. The molecular formula is C25H19Cl2NO3. The molecule has 0 N–H and O–H groups in total. The Labute approximate surface area is 189 Å². The van der Waals surface area contributed by atoms with Crippen molar-refractivity contribution < 1.29 is 9.15 Å². The molecule has 0 radical (unpaired) electrons. The third-order valence-electron chi connectivity index (χ3n) is 5.53. The Morgan fingerprint density at radius 1 is 0.935 bits per heavy atom. The summed E-state index contributed by atoms with van der Waals surface area (Å²) in [5.74, 6) is 1.32. The average molecular weight is 452 g/mol. The van der Waals surface area contributed by atoms with E-state index in [1.807, 2.05) is 49.4 Å². The van der Waals surface area contributed by atoms with Gasteiger partial charge in [-0.3, -0.25) is 9.69 Å². The summed E-state index contributed by atoms with van der Waals surface area (Å²) < 4.78 is 12.2. The van der Waals surface area contributed by atoms with Crippen LogP contribution in [0.2, 0.25) is 10.0 Å². The molecule has 156 valence electrons. The lowest BCUT2D eigenvalue weighted by molar-refractivity contribution is 0.0890. The fourth-order valence-electron chi connectivity index (χ4n) is 4.02. The van der Waals surface area contributed by atoms with Crippen LogP contribution in [-0.4, -0.2) is 11.6 Å². The maximum atomic E-state index is 13.4. The minimum absolute atomic E-state index is 0.0568. The second-order valence-corrected chi connectivity index (χ2v) is 8.55. The van der Waals surface area contributed by atoms with E-state index in [4.69, 9.17) is 32.4 Å². The summed E-state index contributed by atoms with van der Waals surface area (Å²) in [4.78, 5) is 15.5. The first-order chi connectivity index (χ1) is 15.0. The summed E-state index contributed by atoms with van der Waals surface area (Å²) in [6.45, 7) is 3.61. The van der Waals surface area contributed by atoms with Gasteiger partial charge in [-0.2, -0.15) is 0 Å². The first-order valence-electron chi connectivity index (χ1n) is 9.94. The summed E-state index contributed by atoms with van der Waals surface area (Å²) in [5.41, 5.74) is 3.90. The molecule has 0 atom stereocenters. The quantitative estimate of drug-likeness (QED) is 0.360. The molecule has 3 aromatic carbocycles. The maximum Gasteiger partial charge on any atom is 0.200 e. The molecule has 6 heteroatoms. The Kier molecular flexibility index (Phi) is 5.22. The van der Waals surface area contributed by atoms with Crippen molar-refractivity contribution in [2.45, 2.75) is 20.0 Å². The Bertz CT molecular complexity index is 1330. The third-order valence-corrected chi connectivity index (χ3v) is 6.04. The van der Waals surface area contributed by atoms with E-state index >= 15 is 0 Å². The van der Waals surface area contributed by atoms with Crippen LogP contribution in [0, 0.1) is 6.92 Å². The Morgan fingerprint density at radius 3 is 2.32 bits per heavy atom. The van der Waals surface area contributed by atoms with Crippen molar-refractivity contribution in [3.63, 3.8) is 0 Å². The fourth-order valence-corrected chi connectivity index (χ4v) is 4.27. The number of hydrogen-bond acceptors (Lipinski definition) is 4. The van der Waals surface area contributed by atoms with Crippen LogP contribution in [0.15, 0.2) is 69.9 Å². The zero-order valence-electron chi connectivity index (χ0n) is 16.8. The van der Waals surface area contributed by atoms with E-state index in [1.54, 1.807) is 18.2 Å². The number of aryl methyl sites for hydroxylation is 1. The number of halogens is 2. The van der Waals surface area contributed by atoms with E-state index in [0.717, 1.165) is 22.4 Å². The number of rotatable bonds is 3. The van der Waals surface area contributed by atoms with Gasteiger partial charge in [0.2, 0.25) is 5.43 Å². The number of ether oxygens (including phenoxy) is 1. The lowest BCUT2D eigenvalue weighted by Crippen LogP contribution is -2.31. The molecule has 0 saturated heterocycles. The third kappa shape index (κ3) is 3.83. The highest BCUT2D eigenvalue weighted by Crippen LogP contribution is 2.34. The predicted octanol–water partition coefficient (Wildman–Crippen LogP) is 6.43. The van der Waals surface area contributed by atoms with Crippen LogP contribution in [0.4, 0.5) is 0 Å². The molecule has 0 bridgehead atoms. The van der Waals surface area contributed by atoms with Crippen molar-refractivity contribution in [1.29, 1.82) is 0 Å². The van der Waals surface area contributed by atoms with Crippen LogP contribution < -0.4 is 10.2 Å². The van der Waals surface area contributed by atoms with Gasteiger partial charge in [0, 0.05) is 23.1 Å². The van der Waals surface area contributed by atoms with Gasteiger partial charge in [-0.25, -0.2) is 0 Å². The van der Waals surface area contributed by atoms with E-state index < -0.39 is 0 Å². The van der Waals surface area contributed by atoms with Gasteiger partial charge in [0.05, 0.1) is 16.5 Å². The molecule has 0 amide bonds. The van der Waals surface area contributed by atoms with E-state index in [2.05, 4.69) is 4.90 Å². The minimum Gasteiger partial charge on any atom is -0.478 e. The van der Waals surface area contributed by atoms with Crippen molar-refractivity contribution in [2.24, 2.45) is 0 Å². The lowest BCUT2D eigenvalue weighted by atomic mass is 10.0. The van der Waals surface area contributed by atoms with Crippen molar-refractivity contribution in [2.75, 3.05) is 6.73 Å². The van der Waals surface area contributed by atoms with Crippen LogP contribution in [0.25, 0.3) is 22.1 Å². The molecule has 0 fully saturated rings. The van der Waals surface area contributed by atoms with Gasteiger partial charge in [0.25, 0.3) is 0 Å². The molecule has 5 rings (SSSR count). The molecule has 1 aliphatic rings. The molecule has 2 heterocycles. The van der Waals surface area contributed by atoms with Crippen LogP contribution in [-0.2, 0) is 13.1 Å². The van der Waals surface area contributed by atoms with Gasteiger partial charge in [-0.1, -0.05) is 47.5 Å². The number of benzene rings is 3. The van der Waals surface area contributed by atoms with E-state index in [1.165, 1.54) is 0 Å². The Hall–Kier alpha value is -2.79. The SMILES string of the molecule is Cc1oc2c3c(ccc2c(=O)c1-c1ccc(Cl)cc1)OCN(Cc1ccc(Cl)cc1)C3. The van der Waals surface area contributed by atoms with Gasteiger partial charge < -0.3 is 9.15 Å². The highest BCUT2D eigenvalue weighted by atomic mass is 35.5. The molecule has 4 nitrogen and oxygen atoms in total. The maximum absolute atomic E-state index is 13.4. The largest absolute Gasteiger partial charge is 0.478 e. The first kappa shape index (κ1) is 20.1. The van der Waals surface area contributed by atoms with E-state index in [0.29, 0.717) is 52.2 Å². The van der Waals surface area contributed by atoms with Crippen LogP contribution in [0.3, 0.4) is 0 Å². The zero-order chi connectivity index (χ0) is 21.5. The standard InChI is InChI=1S/C25H19Cl2NO3/c1-15-23(17-4-8-19(27)9-5-17)24(29)20-10-11-22-21(25(20)31-15)13-28(14-30-22)12-16-2-6-18(26)7-3-16/h2-11H,12-14H2,1H3. The van der Waals surface area contributed by atoms with E-state index in [-0.39, 0.29) is 5.43 Å². The van der Waals surface area contributed by atoms with Crippen molar-refractivity contribution in [3.8, 4) is 16.9 Å². The summed E-state index contributed by atoms with van der Waals surface area (Å²) in [5, 5.41) is 1.88. The highest BCUT2D eigenvalue weighted by molar-refractivity contribution is 6.30. The Morgan fingerprint density at radius 2 is 1.61 bits per heavy atom. The molecular weight excluding hydrogens is 433 g/mol. The van der Waals surface area contributed by atoms with Gasteiger partial charge in [0.1, 0.15) is 23.8 Å². The molecule has 0 unspecified atom stereocenters. The van der Waals surface area contributed by atoms with Gasteiger partial charge >= 0.3 is 0 Å². The van der Waals surface area contributed by atoms with Crippen LogP contribution in [0.1, 0.15) is 16.9 Å². The molecule has 0 saturated carbocycles. The number of hydrogen-bond donors (Lipinski definition) is 0. The van der Waals surface area contributed by atoms with Crippen molar-refractivity contribution in [3.05, 3.63) is 97.8 Å². The van der Waals surface area contributed by atoms with Gasteiger partial charge in [-0.15, -0.1) is 0 Å². The van der Waals surface area contributed by atoms with Gasteiger partial charge in [-0.05, 0) is 54.4 Å². The zero-order valence-corrected chi connectivity index (χ0v) is 18.3. The predicted molar refractivity (Wildman–Crippen MR) is 124 cm³/mol. The second-order valence-electron chi connectivity index (χ2n) is 7.68. The second kappa shape index (κ2) is 8.04. The smallest absolute Gasteiger partial charge is 0.200 e.